The quantitative estimate of drug-likeness (QED) is 0.322. The second kappa shape index (κ2) is 11.7. The van der Waals surface area contributed by atoms with E-state index in [-0.39, 0.29) is 12.6 Å². The second-order valence-electron chi connectivity index (χ2n) is 6.99. The van der Waals surface area contributed by atoms with Gasteiger partial charge in [0.2, 0.25) is 0 Å². The summed E-state index contributed by atoms with van der Waals surface area (Å²) in [5.74, 6) is -0.296. The summed E-state index contributed by atoms with van der Waals surface area (Å²) in [6.07, 6.45) is 1.20. The molecule has 0 atom stereocenters. The van der Waals surface area contributed by atoms with Crippen LogP contribution in [-0.2, 0) is 17.6 Å². The van der Waals surface area contributed by atoms with Crippen LogP contribution in [0.4, 0.5) is 5.69 Å². The lowest BCUT2D eigenvalue weighted by Crippen LogP contribution is -2.13. The van der Waals surface area contributed by atoms with Gasteiger partial charge in [0.15, 0.2) is 0 Å². The number of para-hydroxylation sites is 1. The third-order valence-corrected chi connectivity index (χ3v) is 6.00. The Bertz CT molecular complexity index is 1110. The number of aliphatic imine (C=N–C) groups is 1. The number of hydrogen-bond donors (Lipinski definition) is 1. The lowest BCUT2D eigenvalue weighted by atomic mass is 10.0. The molecule has 0 bridgehead atoms. The molecule has 1 amide bonds. The number of ether oxygens (including phenoxy) is 1. The summed E-state index contributed by atoms with van der Waals surface area (Å²) < 4.78 is 5.11. The SMILES string of the molecule is COCN=C(Cc1ccc(C(=O)Nc2c(Cl)cccc2Cl)cc1)Cc1ccc(Cl)c(Cl)c1. The van der Waals surface area contributed by atoms with Crippen LogP contribution in [-0.4, -0.2) is 25.5 Å². The van der Waals surface area contributed by atoms with Crippen LogP contribution < -0.4 is 5.32 Å². The molecular weight excluding hydrogens is 490 g/mol. The van der Waals surface area contributed by atoms with E-state index >= 15 is 0 Å². The number of carbonyl (C=O) groups excluding carboxylic acids is 1. The number of rotatable bonds is 8. The lowest BCUT2D eigenvalue weighted by molar-refractivity contribution is 0.102. The fourth-order valence-electron chi connectivity index (χ4n) is 3.03. The van der Waals surface area contributed by atoms with Gasteiger partial charge < -0.3 is 10.1 Å². The molecule has 4 nitrogen and oxygen atoms in total. The van der Waals surface area contributed by atoms with Gasteiger partial charge in [0, 0.05) is 31.2 Å². The molecule has 1 N–H and O–H groups in total. The van der Waals surface area contributed by atoms with Crippen molar-refractivity contribution in [3.05, 3.63) is 97.4 Å². The smallest absolute Gasteiger partial charge is 0.255 e. The molecular formula is C24H20Cl4N2O2. The van der Waals surface area contributed by atoms with Gasteiger partial charge in [0.25, 0.3) is 5.91 Å². The highest BCUT2D eigenvalue weighted by Crippen LogP contribution is 2.30. The van der Waals surface area contributed by atoms with Crippen LogP contribution in [0.25, 0.3) is 0 Å². The van der Waals surface area contributed by atoms with Gasteiger partial charge in [0.05, 0.1) is 25.8 Å². The third-order valence-electron chi connectivity index (χ3n) is 4.64. The Hall–Kier alpha value is -2.08. The van der Waals surface area contributed by atoms with Crippen LogP contribution >= 0.6 is 46.4 Å². The summed E-state index contributed by atoms with van der Waals surface area (Å²) >= 11 is 24.4. The van der Waals surface area contributed by atoms with Crippen LogP contribution in [0.3, 0.4) is 0 Å². The van der Waals surface area contributed by atoms with Gasteiger partial charge in [-0.25, -0.2) is 0 Å². The van der Waals surface area contributed by atoms with Crippen molar-refractivity contribution in [3.8, 4) is 0 Å². The number of amides is 1. The summed E-state index contributed by atoms with van der Waals surface area (Å²) in [6.45, 7) is 0.260. The van der Waals surface area contributed by atoms with Crippen LogP contribution in [0.15, 0.2) is 65.7 Å². The molecule has 0 aliphatic carbocycles. The molecule has 3 aromatic rings. The van der Waals surface area contributed by atoms with Crippen LogP contribution in [0, 0.1) is 0 Å². The number of halogens is 4. The molecule has 0 spiro atoms. The largest absolute Gasteiger partial charge is 0.363 e. The van der Waals surface area contributed by atoms with Crippen molar-refractivity contribution >= 4 is 63.7 Å². The van der Waals surface area contributed by atoms with E-state index in [1.807, 2.05) is 24.3 Å². The van der Waals surface area contributed by atoms with Crippen molar-refractivity contribution in [2.24, 2.45) is 4.99 Å². The summed E-state index contributed by atoms with van der Waals surface area (Å²) in [5, 5.41) is 4.53. The Morgan fingerprint density at radius 3 is 2.09 bits per heavy atom. The minimum Gasteiger partial charge on any atom is -0.363 e. The average molecular weight is 510 g/mol. The summed E-state index contributed by atoms with van der Waals surface area (Å²) in [4.78, 5) is 17.1. The van der Waals surface area contributed by atoms with Gasteiger partial charge in [-0.2, -0.15) is 0 Å². The highest BCUT2D eigenvalue weighted by Gasteiger charge is 2.12. The first-order chi connectivity index (χ1) is 15.4. The number of methoxy groups -OCH3 is 1. The molecule has 0 aliphatic rings. The van der Waals surface area contributed by atoms with Gasteiger partial charge in [-0.05, 0) is 47.5 Å². The molecule has 0 saturated carbocycles. The van der Waals surface area contributed by atoms with Gasteiger partial charge >= 0.3 is 0 Å². The maximum Gasteiger partial charge on any atom is 0.255 e. The lowest BCUT2D eigenvalue weighted by Gasteiger charge is -2.11. The van der Waals surface area contributed by atoms with Gasteiger partial charge in [-0.3, -0.25) is 9.79 Å². The Labute approximate surface area is 207 Å². The zero-order valence-electron chi connectivity index (χ0n) is 17.2. The van der Waals surface area contributed by atoms with Crippen molar-refractivity contribution in [1.82, 2.24) is 0 Å². The molecule has 0 saturated heterocycles. The predicted molar refractivity (Wildman–Crippen MR) is 134 cm³/mol. The van der Waals surface area contributed by atoms with E-state index in [0.717, 1.165) is 16.8 Å². The number of hydrogen-bond acceptors (Lipinski definition) is 3. The number of carbonyl (C=O) groups is 1. The van der Waals surface area contributed by atoms with E-state index in [2.05, 4.69) is 10.3 Å². The van der Waals surface area contributed by atoms with Crippen molar-refractivity contribution in [2.45, 2.75) is 12.8 Å². The van der Waals surface area contributed by atoms with E-state index in [9.17, 15) is 4.79 Å². The molecule has 0 unspecified atom stereocenters. The molecule has 0 heterocycles. The van der Waals surface area contributed by atoms with Crippen LogP contribution in [0.5, 0.6) is 0 Å². The molecule has 8 heteroatoms. The minimum absolute atomic E-state index is 0.260. The number of nitrogens with one attached hydrogen (secondary N) is 1. The van der Waals surface area contributed by atoms with E-state index in [1.165, 1.54) is 0 Å². The normalized spacial score (nSPS) is 11.5. The predicted octanol–water partition coefficient (Wildman–Crippen LogP) is 7.38. The highest BCUT2D eigenvalue weighted by molar-refractivity contribution is 6.42. The monoisotopic (exact) mass is 508 g/mol. The van der Waals surface area contributed by atoms with Crippen molar-refractivity contribution in [3.63, 3.8) is 0 Å². The van der Waals surface area contributed by atoms with Gasteiger partial charge in [-0.15, -0.1) is 0 Å². The maximum atomic E-state index is 12.6. The fraction of sp³-hybridized carbons (Fsp3) is 0.167. The Kier molecular flexibility index (Phi) is 8.97. The van der Waals surface area contributed by atoms with Crippen LogP contribution in [0.2, 0.25) is 20.1 Å². The Balaban J connectivity index is 1.71. The topological polar surface area (TPSA) is 50.7 Å². The average Bonchev–Trinajstić information content (AvgIpc) is 2.77. The number of benzene rings is 3. The molecule has 0 radical (unpaired) electrons. The zero-order chi connectivity index (χ0) is 23.1. The first-order valence-corrected chi connectivity index (χ1v) is 11.2. The molecule has 0 fully saturated rings. The van der Waals surface area contributed by atoms with E-state index in [4.69, 9.17) is 51.1 Å². The van der Waals surface area contributed by atoms with Crippen molar-refractivity contribution in [1.29, 1.82) is 0 Å². The standard InChI is InChI=1S/C24H20Cl4N2O2/c1-32-14-29-18(12-16-7-10-19(25)22(28)13-16)11-15-5-8-17(9-6-15)24(31)30-23-20(26)3-2-4-21(23)27/h2-10,13H,11-12,14H2,1H3,(H,30,31). The van der Waals surface area contributed by atoms with Gasteiger partial charge in [-0.1, -0.05) is 70.7 Å². The summed E-state index contributed by atoms with van der Waals surface area (Å²) in [5.41, 5.74) is 3.81. The van der Waals surface area contributed by atoms with E-state index < -0.39 is 0 Å². The van der Waals surface area contributed by atoms with Crippen LogP contribution in [0.1, 0.15) is 21.5 Å². The molecule has 0 aromatic heterocycles. The number of anilines is 1. The Morgan fingerprint density at radius 1 is 0.844 bits per heavy atom. The maximum absolute atomic E-state index is 12.6. The second-order valence-corrected chi connectivity index (χ2v) is 8.62. The Morgan fingerprint density at radius 2 is 1.47 bits per heavy atom. The van der Waals surface area contributed by atoms with E-state index in [0.29, 0.717) is 44.2 Å². The minimum atomic E-state index is -0.296. The van der Waals surface area contributed by atoms with E-state index in [1.54, 1.807) is 43.5 Å². The molecule has 3 aromatic carbocycles. The molecule has 3 rings (SSSR count). The highest BCUT2D eigenvalue weighted by atomic mass is 35.5. The molecule has 0 aliphatic heterocycles. The summed E-state index contributed by atoms with van der Waals surface area (Å²) in [7, 11) is 1.60. The van der Waals surface area contributed by atoms with Crippen molar-refractivity contribution < 1.29 is 9.53 Å². The number of nitrogens with zero attached hydrogens (tertiary/aromatic N) is 1. The zero-order valence-corrected chi connectivity index (χ0v) is 20.2. The third kappa shape index (κ3) is 6.71. The van der Waals surface area contributed by atoms with Crippen molar-refractivity contribution in [2.75, 3.05) is 19.2 Å². The first-order valence-electron chi connectivity index (χ1n) is 9.66. The molecule has 166 valence electrons. The fourth-order valence-corrected chi connectivity index (χ4v) is 3.84. The summed E-state index contributed by atoms with van der Waals surface area (Å²) in [6, 6.07) is 17.9. The molecule has 32 heavy (non-hydrogen) atoms. The van der Waals surface area contributed by atoms with Gasteiger partial charge in [0.1, 0.15) is 6.73 Å². The first kappa shape index (κ1) is 24.6.